The highest BCUT2D eigenvalue weighted by Gasteiger charge is 2.52. The van der Waals surface area contributed by atoms with Crippen molar-refractivity contribution in [3.05, 3.63) is 29.8 Å². The zero-order chi connectivity index (χ0) is 18.8. The normalized spacial score (nSPS) is 14.1. The second kappa shape index (κ2) is 7.28. The summed E-state index contributed by atoms with van der Waals surface area (Å²) in [6.45, 7) is 20.6. The summed E-state index contributed by atoms with van der Waals surface area (Å²) in [6, 6.07) is 8.49. The molecule has 0 saturated heterocycles. The molecule has 0 heterocycles. The molecule has 0 aliphatic carbocycles. The van der Waals surface area contributed by atoms with Gasteiger partial charge in [-0.25, -0.2) is 0 Å². The molecular weight excluding hydrogens is 316 g/mol. The van der Waals surface area contributed by atoms with Crippen LogP contribution in [0.25, 0.3) is 0 Å². The summed E-state index contributed by atoms with van der Waals surface area (Å²) in [7, 11) is -3.11. The fourth-order valence-corrected chi connectivity index (χ4v) is 5.87. The molecule has 0 spiro atoms. The quantitative estimate of drug-likeness (QED) is 0.710. The zero-order valence-electron chi connectivity index (χ0n) is 17.2. The van der Waals surface area contributed by atoms with Gasteiger partial charge in [0.2, 0.25) is 0 Å². The van der Waals surface area contributed by atoms with Crippen molar-refractivity contribution in [2.24, 2.45) is 0 Å². The van der Waals surface area contributed by atoms with Gasteiger partial charge in [0.25, 0.3) is 0 Å². The molecule has 0 aliphatic heterocycles. The Kier molecular flexibility index (Phi) is 6.48. The molecule has 0 fully saturated rings. The Labute approximate surface area is 150 Å². The molecule has 1 aromatic rings. The number of hydrogen-bond donors (Lipinski definition) is 0. The van der Waals surface area contributed by atoms with E-state index in [1.54, 1.807) is 0 Å². The van der Waals surface area contributed by atoms with Crippen LogP contribution in [0.4, 0.5) is 0 Å². The molecule has 4 heteroatoms. The average Bonchev–Trinajstić information content (AvgIpc) is 2.32. The minimum Gasteiger partial charge on any atom is -0.365 e. The van der Waals surface area contributed by atoms with E-state index < -0.39 is 8.80 Å². The van der Waals surface area contributed by atoms with Crippen LogP contribution in [0.3, 0.4) is 0 Å². The lowest BCUT2D eigenvalue weighted by atomic mass is 10.2. The Hall–Kier alpha value is -0.683. The topological polar surface area (TPSA) is 27.7 Å². The third kappa shape index (κ3) is 7.05. The van der Waals surface area contributed by atoms with Gasteiger partial charge in [-0.2, -0.15) is 0 Å². The molecule has 1 aromatic carbocycles. The summed E-state index contributed by atoms with van der Waals surface area (Å²) < 4.78 is 19.6. The van der Waals surface area contributed by atoms with E-state index in [2.05, 4.69) is 31.2 Å². The predicted octanol–water partition coefficient (Wildman–Crippen LogP) is 4.84. The van der Waals surface area contributed by atoms with Gasteiger partial charge < -0.3 is 13.3 Å². The van der Waals surface area contributed by atoms with Crippen LogP contribution in [0.2, 0.25) is 0 Å². The molecule has 0 N–H and O–H groups in total. The molecule has 0 radical (unpaired) electrons. The number of rotatable bonds is 5. The van der Waals surface area contributed by atoms with Crippen LogP contribution in [0.15, 0.2) is 24.3 Å². The summed E-state index contributed by atoms with van der Waals surface area (Å²) in [5.41, 5.74) is 0.189. The van der Waals surface area contributed by atoms with Crippen molar-refractivity contribution >= 4 is 14.0 Å². The first kappa shape index (κ1) is 21.4. The Morgan fingerprint density at radius 3 is 1.25 bits per heavy atom. The summed E-state index contributed by atoms with van der Waals surface area (Å²) in [5.74, 6) is 0. The van der Waals surface area contributed by atoms with E-state index in [-0.39, 0.29) is 16.8 Å². The first-order valence-electron chi connectivity index (χ1n) is 8.86. The molecule has 24 heavy (non-hydrogen) atoms. The lowest BCUT2D eigenvalue weighted by Gasteiger charge is -2.43. The van der Waals surface area contributed by atoms with Crippen molar-refractivity contribution in [2.45, 2.75) is 92.5 Å². The molecule has 0 aliphatic rings. The SMILES string of the molecule is CCc1ccc([Si](OC(C)(C)C)(OC(C)(C)C)OC(C)(C)C)cc1. The summed E-state index contributed by atoms with van der Waals surface area (Å²) >= 11 is 0. The summed E-state index contributed by atoms with van der Waals surface area (Å²) in [5, 5.41) is 1.01. The predicted molar refractivity (Wildman–Crippen MR) is 104 cm³/mol. The monoisotopic (exact) mass is 352 g/mol. The van der Waals surface area contributed by atoms with E-state index in [0.29, 0.717) is 0 Å². The molecule has 0 bridgehead atoms. The van der Waals surface area contributed by atoms with Crippen molar-refractivity contribution in [3.8, 4) is 0 Å². The van der Waals surface area contributed by atoms with Gasteiger partial charge >= 0.3 is 8.80 Å². The Morgan fingerprint density at radius 1 is 0.667 bits per heavy atom. The lowest BCUT2D eigenvalue weighted by molar-refractivity contribution is -0.0655. The Morgan fingerprint density at radius 2 is 1.00 bits per heavy atom. The van der Waals surface area contributed by atoms with Crippen molar-refractivity contribution in [3.63, 3.8) is 0 Å². The van der Waals surface area contributed by atoms with Gasteiger partial charge in [-0.05, 0) is 74.3 Å². The van der Waals surface area contributed by atoms with Crippen LogP contribution < -0.4 is 5.19 Å². The van der Waals surface area contributed by atoms with Crippen LogP contribution in [-0.4, -0.2) is 25.6 Å². The van der Waals surface area contributed by atoms with Gasteiger partial charge in [-0.1, -0.05) is 31.2 Å². The zero-order valence-corrected chi connectivity index (χ0v) is 18.2. The van der Waals surface area contributed by atoms with Gasteiger partial charge in [0, 0.05) is 5.19 Å². The van der Waals surface area contributed by atoms with Crippen LogP contribution in [0.1, 0.15) is 74.8 Å². The van der Waals surface area contributed by atoms with E-state index in [4.69, 9.17) is 13.3 Å². The highest BCUT2D eigenvalue weighted by molar-refractivity contribution is 6.75. The van der Waals surface area contributed by atoms with Gasteiger partial charge in [0.15, 0.2) is 0 Å². The standard InChI is InChI=1S/C20H36O3Si/c1-11-16-12-14-17(15-13-16)24(21-18(2,3)4,22-19(5,6)7)23-20(8,9)10/h12-15H,11H2,1-10H3. The highest BCUT2D eigenvalue weighted by atomic mass is 28.4. The van der Waals surface area contributed by atoms with E-state index in [9.17, 15) is 0 Å². The van der Waals surface area contributed by atoms with Crippen molar-refractivity contribution in [1.29, 1.82) is 0 Å². The fourth-order valence-electron chi connectivity index (χ4n) is 2.39. The third-order valence-corrected chi connectivity index (χ3v) is 6.72. The lowest BCUT2D eigenvalue weighted by Crippen LogP contribution is -2.64. The van der Waals surface area contributed by atoms with E-state index in [0.717, 1.165) is 11.6 Å². The van der Waals surface area contributed by atoms with E-state index >= 15 is 0 Å². The van der Waals surface area contributed by atoms with Gasteiger partial charge in [0.05, 0.1) is 16.8 Å². The Bertz CT molecular complexity index is 475. The molecule has 1 rings (SSSR count). The molecule has 0 atom stereocenters. The maximum atomic E-state index is 6.53. The van der Waals surface area contributed by atoms with Crippen LogP contribution >= 0.6 is 0 Å². The minimum atomic E-state index is -3.11. The summed E-state index contributed by atoms with van der Waals surface area (Å²) in [4.78, 5) is 0. The third-order valence-electron chi connectivity index (χ3n) is 3.04. The van der Waals surface area contributed by atoms with Crippen LogP contribution in [0.5, 0.6) is 0 Å². The number of benzene rings is 1. The Balaban J connectivity index is 3.47. The summed E-state index contributed by atoms with van der Waals surface area (Å²) in [6.07, 6.45) is 1.01. The number of hydrogen-bond acceptors (Lipinski definition) is 3. The second-order valence-electron chi connectivity index (χ2n) is 9.25. The molecule has 0 amide bonds. The number of aryl methyl sites for hydroxylation is 1. The smallest absolute Gasteiger partial charge is 0.365 e. The molecule has 138 valence electrons. The van der Waals surface area contributed by atoms with Crippen molar-refractivity contribution in [1.82, 2.24) is 0 Å². The maximum absolute atomic E-state index is 6.53. The van der Waals surface area contributed by atoms with Gasteiger partial charge in [-0.15, -0.1) is 0 Å². The first-order chi connectivity index (χ1) is 10.7. The van der Waals surface area contributed by atoms with Crippen molar-refractivity contribution in [2.75, 3.05) is 0 Å². The molecule has 3 nitrogen and oxygen atoms in total. The van der Waals surface area contributed by atoms with E-state index in [1.165, 1.54) is 5.56 Å². The fraction of sp³-hybridized carbons (Fsp3) is 0.700. The maximum Gasteiger partial charge on any atom is 0.538 e. The molecule has 0 saturated carbocycles. The molecule has 0 unspecified atom stereocenters. The van der Waals surface area contributed by atoms with Crippen LogP contribution in [0, 0.1) is 0 Å². The minimum absolute atomic E-state index is 0.369. The van der Waals surface area contributed by atoms with Gasteiger partial charge in [-0.3, -0.25) is 0 Å². The first-order valence-corrected chi connectivity index (χ1v) is 10.6. The molecule has 0 aromatic heterocycles. The second-order valence-corrected chi connectivity index (χ2v) is 11.6. The van der Waals surface area contributed by atoms with Crippen LogP contribution in [-0.2, 0) is 19.7 Å². The average molecular weight is 353 g/mol. The van der Waals surface area contributed by atoms with Gasteiger partial charge in [0.1, 0.15) is 0 Å². The largest absolute Gasteiger partial charge is 0.538 e. The van der Waals surface area contributed by atoms with E-state index in [1.807, 2.05) is 62.3 Å². The molecular formula is C20H36O3Si. The van der Waals surface area contributed by atoms with Crippen molar-refractivity contribution < 1.29 is 13.3 Å². The highest BCUT2D eigenvalue weighted by Crippen LogP contribution is 2.28.